The Labute approximate surface area is 174 Å². The molecule has 2 unspecified atom stereocenters. The highest BCUT2D eigenvalue weighted by Gasteiger charge is 2.41. The van der Waals surface area contributed by atoms with Gasteiger partial charge < -0.3 is 15.0 Å². The molecule has 2 saturated heterocycles. The SMILES string of the molecule is CCC(C)C1COC(=O)N1C1CCN(C(=S)Nc2ccccc2C(F)(F)F)CC1. The van der Waals surface area contributed by atoms with Crippen LogP contribution in [0, 0.1) is 5.92 Å². The van der Waals surface area contributed by atoms with E-state index in [0.717, 1.165) is 12.5 Å². The molecule has 3 rings (SSSR count). The number of cyclic esters (lactones) is 1. The van der Waals surface area contributed by atoms with Gasteiger partial charge in [0.2, 0.25) is 0 Å². The highest BCUT2D eigenvalue weighted by Crippen LogP contribution is 2.35. The number of benzene rings is 1. The highest BCUT2D eigenvalue weighted by atomic mass is 32.1. The Hall–Kier alpha value is -2.03. The molecule has 2 fully saturated rings. The highest BCUT2D eigenvalue weighted by molar-refractivity contribution is 7.80. The third-order valence-corrected chi connectivity index (χ3v) is 6.23. The Balaban J connectivity index is 1.61. The molecule has 2 atom stereocenters. The van der Waals surface area contributed by atoms with E-state index in [0.29, 0.717) is 38.5 Å². The van der Waals surface area contributed by atoms with E-state index in [1.54, 1.807) is 6.07 Å². The van der Waals surface area contributed by atoms with Crippen LogP contribution in [-0.4, -0.2) is 52.8 Å². The van der Waals surface area contributed by atoms with Gasteiger partial charge in [-0.05, 0) is 43.1 Å². The van der Waals surface area contributed by atoms with Gasteiger partial charge in [-0.3, -0.25) is 4.90 Å². The van der Waals surface area contributed by atoms with Crippen molar-refractivity contribution in [2.24, 2.45) is 5.92 Å². The fourth-order valence-electron chi connectivity index (χ4n) is 3.96. The summed E-state index contributed by atoms with van der Waals surface area (Å²) in [5.41, 5.74) is -0.791. The summed E-state index contributed by atoms with van der Waals surface area (Å²) in [5, 5.41) is 3.01. The van der Waals surface area contributed by atoms with Crippen LogP contribution >= 0.6 is 12.2 Å². The number of hydrogen-bond acceptors (Lipinski definition) is 3. The first-order valence-corrected chi connectivity index (χ1v) is 10.3. The predicted molar refractivity (Wildman–Crippen MR) is 109 cm³/mol. The van der Waals surface area contributed by atoms with Crippen molar-refractivity contribution in [1.29, 1.82) is 0 Å². The minimum atomic E-state index is -4.45. The molecular formula is C20H26F3N3O2S. The van der Waals surface area contributed by atoms with Gasteiger partial charge in [-0.2, -0.15) is 13.2 Å². The first-order valence-electron chi connectivity index (χ1n) is 9.89. The number of carbonyl (C=O) groups is 1. The number of rotatable bonds is 4. The van der Waals surface area contributed by atoms with E-state index < -0.39 is 11.7 Å². The van der Waals surface area contributed by atoms with Crippen LogP contribution < -0.4 is 5.32 Å². The van der Waals surface area contributed by atoms with Gasteiger partial charge in [0, 0.05) is 19.1 Å². The second-order valence-electron chi connectivity index (χ2n) is 7.63. The van der Waals surface area contributed by atoms with Gasteiger partial charge in [0.15, 0.2) is 5.11 Å². The first-order chi connectivity index (χ1) is 13.7. The van der Waals surface area contributed by atoms with Crippen LogP contribution in [0.5, 0.6) is 0 Å². The summed E-state index contributed by atoms with van der Waals surface area (Å²) in [6, 6.07) is 5.44. The summed E-state index contributed by atoms with van der Waals surface area (Å²) >= 11 is 5.36. The van der Waals surface area contributed by atoms with E-state index in [1.165, 1.54) is 12.1 Å². The Kier molecular flexibility index (Phi) is 6.55. The zero-order valence-electron chi connectivity index (χ0n) is 16.5. The van der Waals surface area contributed by atoms with Crippen molar-refractivity contribution >= 4 is 29.1 Å². The number of ether oxygens (including phenoxy) is 1. The van der Waals surface area contributed by atoms with Gasteiger partial charge in [-0.1, -0.05) is 32.4 Å². The Morgan fingerprint density at radius 1 is 1.31 bits per heavy atom. The number of thiocarbonyl (C=S) groups is 1. The van der Waals surface area contributed by atoms with Crippen molar-refractivity contribution in [2.75, 3.05) is 25.0 Å². The molecule has 9 heteroatoms. The molecule has 0 aromatic heterocycles. The van der Waals surface area contributed by atoms with Crippen molar-refractivity contribution in [2.45, 2.75) is 51.4 Å². The zero-order chi connectivity index (χ0) is 21.2. The molecule has 1 N–H and O–H groups in total. The molecule has 0 saturated carbocycles. The first kappa shape index (κ1) is 21.7. The average Bonchev–Trinajstić information content (AvgIpc) is 3.08. The summed E-state index contributed by atoms with van der Waals surface area (Å²) in [6.07, 6.45) is -2.36. The molecule has 1 aromatic rings. The maximum absolute atomic E-state index is 13.2. The summed E-state index contributed by atoms with van der Waals surface area (Å²) in [7, 11) is 0. The maximum Gasteiger partial charge on any atom is 0.418 e. The molecule has 0 aliphatic carbocycles. The number of halogens is 3. The molecule has 0 spiro atoms. The van der Waals surface area contributed by atoms with Crippen LogP contribution in [-0.2, 0) is 10.9 Å². The van der Waals surface area contributed by atoms with Gasteiger partial charge in [0.25, 0.3) is 0 Å². The number of nitrogens with zero attached hydrogens (tertiary/aromatic N) is 2. The van der Waals surface area contributed by atoms with Crippen molar-refractivity contribution in [3.63, 3.8) is 0 Å². The largest absolute Gasteiger partial charge is 0.447 e. The summed E-state index contributed by atoms with van der Waals surface area (Å²) in [5.74, 6) is 0.348. The molecule has 5 nitrogen and oxygen atoms in total. The Morgan fingerprint density at radius 3 is 2.59 bits per heavy atom. The number of alkyl halides is 3. The molecule has 0 radical (unpaired) electrons. The molecule has 1 amide bonds. The number of para-hydroxylation sites is 1. The van der Waals surface area contributed by atoms with Gasteiger partial charge in [0.1, 0.15) is 6.61 Å². The van der Waals surface area contributed by atoms with Gasteiger partial charge in [-0.15, -0.1) is 0 Å². The second-order valence-corrected chi connectivity index (χ2v) is 8.02. The van der Waals surface area contributed by atoms with E-state index in [4.69, 9.17) is 17.0 Å². The standard InChI is InChI=1S/C20H26F3N3O2S/c1-3-13(2)17-12-28-19(27)26(17)14-8-10-25(11-9-14)18(29)24-16-7-5-4-6-15(16)20(21,22)23/h4-7,13-14,17H,3,8-12H2,1-2H3,(H,24,29). The van der Waals surface area contributed by atoms with Gasteiger partial charge in [-0.25, -0.2) is 4.79 Å². The number of likely N-dealkylation sites (tertiary alicyclic amines) is 1. The van der Waals surface area contributed by atoms with Gasteiger partial charge >= 0.3 is 12.3 Å². The van der Waals surface area contributed by atoms with Crippen LogP contribution in [0.2, 0.25) is 0 Å². The minimum absolute atomic E-state index is 0.0490. The molecule has 2 aliphatic rings. The lowest BCUT2D eigenvalue weighted by atomic mass is 9.95. The predicted octanol–water partition coefficient (Wildman–Crippen LogP) is 4.73. The van der Waals surface area contributed by atoms with Gasteiger partial charge in [0.05, 0.1) is 17.3 Å². The lowest BCUT2D eigenvalue weighted by Crippen LogP contribution is -2.51. The maximum atomic E-state index is 13.2. The third-order valence-electron chi connectivity index (χ3n) is 5.87. The number of amides is 1. The summed E-state index contributed by atoms with van der Waals surface area (Å²) in [4.78, 5) is 16.0. The Morgan fingerprint density at radius 2 is 1.97 bits per heavy atom. The lowest BCUT2D eigenvalue weighted by Gasteiger charge is -2.40. The van der Waals surface area contributed by atoms with Crippen molar-refractivity contribution in [3.05, 3.63) is 29.8 Å². The van der Waals surface area contributed by atoms with Crippen LogP contribution in [0.25, 0.3) is 0 Å². The third kappa shape index (κ3) is 4.76. The molecule has 160 valence electrons. The number of nitrogens with one attached hydrogen (secondary N) is 1. The monoisotopic (exact) mass is 429 g/mol. The number of carbonyl (C=O) groups excluding carboxylic acids is 1. The van der Waals surface area contributed by atoms with Crippen LogP contribution in [0.15, 0.2) is 24.3 Å². The molecule has 2 heterocycles. The van der Waals surface area contributed by atoms with Crippen molar-refractivity contribution in [3.8, 4) is 0 Å². The fraction of sp³-hybridized carbons (Fsp3) is 0.600. The number of hydrogen-bond donors (Lipinski definition) is 1. The van der Waals surface area contributed by atoms with E-state index in [2.05, 4.69) is 19.2 Å². The van der Waals surface area contributed by atoms with Crippen LogP contribution in [0.1, 0.15) is 38.7 Å². The van der Waals surface area contributed by atoms with Crippen LogP contribution in [0.3, 0.4) is 0 Å². The molecule has 2 aliphatic heterocycles. The Bertz CT molecular complexity index is 751. The minimum Gasteiger partial charge on any atom is -0.447 e. The number of piperidine rings is 1. The van der Waals surface area contributed by atoms with Crippen LogP contribution in [0.4, 0.5) is 23.7 Å². The molecule has 1 aromatic carbocycles. The molecule has 0 bridgehead atoms. The normalized spacial score (nSPS) is 21.8. The topological polar surface area (TPSA) is 44.8 Å². The van der Waals surface area contributed by atoms with E-state index in [9.17, 15) is 18.0 Å². The zero-order valence-corrected chi connectivity index (χ0v) is 17.4. The second kappa shape index (κ2) is 8.77. The summed E-state index contributed by atoms with van der Waals surface area (Å²) < 4.78 is 44.8. The lowest BCUT2D eigenvalue weighted by molar-refractivity contribution is -0.136. The molecular weight excluding hydrogens is 403 g/mol. The summed E-state index contributed by atoms with van der Waals surface area (Å²) in [6.45, 7) is 5.77. The van der Waals surface area contributed by atoms with Crippen molar-refractivity contribution < 1.29 is 22.7 Å². The molecule has 29 heavy (non-hydrogen) atoms. The van der Waals surface area contributed by atoms with E-state index in [1.807, 2.05) is 9.80 Å². The number of anilines is 1. The van der Waals surface area contributed by atoms with Crippen molar-refractivity contribution in [1.82, 2.24) is 9.80 Å². The quantitative estimate of drug-likeness (QED) is 0.701. The smallest absolute Gasteiger partial charge is 0.418 e. The fourth-order valence-corrected chi connectivity index (χ4v) is 4.25. The average molecular weight is 430 g/mol. The van der Waals surface area contributed by atoms with E-state index >= 15 is 0 Å². The van der Waals surface area contributed by atoms with E-state index in [-0.39, 0.29) is 29.0 Å².